The summed E-state index contributed by atoms with van der Waals surface area (Å²) >= 11 is 0. The first kappa shape index (κ1) is 14.0. The highest BCUT2D eigenvalue weighted by atomic mass is 16.5. The molecular formula is C12H20N4O3. The first-order chi connectivity index (χ1) is 9.22. The van der Waals surface area contributed by atoms with Gasteiger partial charge >= 0.3 is 0 Å². The predicted octanol–water partition coefficient (Wildman–Crippen LogP) is -0.207. The largest absolute Gasteiger partial charge is 0.394 e. The molecule has 0 aliphatic carbocycles. The van der Waals surface area contributed by atoms with E-state index in [0.717, 1.165) is 12.4 Å². The Morgan fingerprint density at radius 1 is 1.58 bits per heavy atom. The minimum atomic E-state index is -0.180. The maximum Gasteiger partial charge on any atom is 0.158 e. The summed E-state index contributed by atoms with van der Waals surface area (Å²) in [6.45, 7) is 4.77. The predicted molar refractivity (Wildman–Crippen MR) is 70.8 cm³/mol. The monoisotopic (exact) mass is 268 g/mol. The number of rotatable bonds is 5. The van der Waals surface area contributed by atoms with Crippen molar-refractivity contribution in [2.45, 2.75) is 19.6 Å². The van der Waals surface area contributed by atoms with E-state index in [1.165, 1.54) is 0 Å². The van der Waals surface area contributed by atoms with Crippen LogP contribution in [0.1, 0.15) is 12.7 Å². The van der Waals surface area contributed by atoms with Crippen molar-refractivity contribution in [3.05, 3.63) is 11.9 Å². The van der Waals surface area contributed by atoms with Crippen LogP contribution in [0.5, 0.6) is 0 Å². The van der Waals surface area contributed by atoms with Gasteiger partial charge in [-0.2, -0.15) is 0 Å². The van der Waals surface area contributed by atoms with E-state index in [9.17, 15) is 0 Å². The van der Waals surface area contributed by atoms with Gasteiger partial charge in [0.05, 0.1) is 19.3 Å². The third kappa shape index (κ3) is 3.76. The normalized spacial score (nSPS) is 19.7. The average molecular weight is 268 g/mol. The fourth-order valence-corrected chi connectivity index (χ4v) is 1.96. The fourth-order valence-electron chi connectivity index (χ4n) is 1.96. The van der Waals surface area contributed by atoms with Crippen LogP contribution in [0.3, 0.4) is 0 Å². The van der Waals surface area contributed by atoms with Crippen LogP contribution in [-0.4, -0.2) is 54.1 Å². The minimum Gasteiger partial charge on any atom is -0.394 e. The number of nitrogen functional groups attached to an aromatic ring is 1. The molecule has 0 bridgehead atoms. The molecule has 3 N–H and O–H groups in total. The van der Waals surface area contributed by atoms with Crippen molar-refractivity contribution in [3.8, 4) is 0 Å². The van der Waals surface area contributed by atoms with Gasteiger partial charge in [-0.25, -0.2) is 9.97 Å². The second kappa shape index (κ2) is 6.65. The van der Waals surface area contributed by atoms with Gasteiger partial charge in [-0.3, -0.25) is 0 Å². The molecule has 1 saturated heterocycles. The number of ether oxygens (including phenoxy) is 2. The lowest BCUT2D eigenvalue weighted by Gasteiger charge is -2.33. The molecule has 0 aromatic carbocycles. The first-order valence-corrected chi connectivity index (χ1v) is 6.41. The highest BCUT2D eigenvalue weighted by Gasteiger charge is 2.21. The van der Waals surface area contributed by atoms with Gasteiger partial charge in [-0.1, -0.05) is 0 Å². The van der Waals surface area contributed by atoms with Crippen molar-refractivity contribution in [1.82, 2.24) is 9.97 Å². The van der Waals surface area contributed by atoms with Crippen molar-refractivity contribution < 1.29 is 14.6 Å². The SMILES string of the molecule is CCOCc1nc(N)cc(N2CCOC(CO)C2)n1. The molecule has 106 valence electrons. The molecule has 1 aromatic heterocycles. The van der Waals surface area contributed by atoms with Crippen LogP contribution in [0, 0.1) is 0 Å². The lowest BCUT2D eigenvalue weighted by atomic mass is 10.3. The van der Waals surface area contributed by atoms with E-state index < -0.39 is 0 Å². The Labute approximate surface area is 112 Å². The van der Waals surface area contributed by atoms with Crippen LogP contribution >= 0.6 is 0 Å². The Bertz CT molecular complexity index is 416. The van der Waals surface area contributed by atoms with E-state index in [-0.39, 0.29) is 12.7 Å². The Morgan fingerprint density at radius 2 is 2.42 bits per heavy atom. The van der Waals surface area contributed by atoms with Crippen molar-refractivity contribution in [2.24, 2.45) is 0 Å². The zero-order valence-electron chi connectivity index (χ0n) is 11.1. The second-order valence-corrected chi connectivity index (χ2v) is 4.33. The van der Waals surface area contributed by atoms with Gasteiger partial charge in [-0.05, 0) is 6.92 Å². The summed E-state index contributed by atoms with van der Waals surface area (Å²) in [7, 11) is 0. The molecule has 0 radical (unpaired) electrons. The maximum atomic E-state index is 9.15. The fraction of sp³-hybridized carbons (Fsp3) is 0.667. The van der Waals surface area contributed by atoms with E-state index in [1.807, 2.05) is 11.8 Å². The molecule has 2 heterocycles. The molecule has 1 aromatic rings. The molecule has 1 fully saturated rings. The summed E-state index contributed by atoms with van der Waals surface area (Å²) in [5.41, 5.74) is 5.79. The van der Waals surface area contributed by atoms with Crippen LogP contribution in [0.25, 0.3) is 0 Å². The van der Waals surface area contributed by atoms with Gasteiger partial charge < -0.3 is 25.2 Å². The summed E-state index contributed by atoms with van der Waals surface area (Å²) in [5.74, 6) is 1.75. The number of aliphatic hydroxyl groups excluding tert-OH is 1. The highest BCUT2D eigenvalue weighted by molar-refractivity contribution is 5.47. The zero-order valence-corrected chi connectivity index (χ0v) is 11.1. The van der Waals surface area contributed by atoms with Gasteiger partial charge in [0.25, 0.3) is 0 Å². The van der Waals surface area contributed by atoms with Gasteiger partial charge in [-0.15, -0.1) is 0 Å². The van der Waals surface area contributed by atoms with E-state index >= 15 is 0 Å². The maximum absolute atomic E-state index is 9.15. The molecule has 7 nitrogen and oxygen atoms in total. The molecular weight excluding hydrogens is 248 g/mol. The Balaban J connectivity index is 2.11. The topological polar surface area (TPSA) is 93.7 Å². The summed E-state index contributed by atoms with van der Waals surface area (Å²) in [6.07, 6.45) is -0.180. The van der Waals surface area contributed by atoms with Crippen LogP contribution in [0.2, 0.25) is 0 Å². The number of nitrogens with two attached hydrogens (primary N) is 1. The van der Waals surface area contributed by atoms with Crippen LogP contribution in [0.4, 0.5) is 11.6 Å². The van der Waals surface area contributed by atoms with Gasteiger partial charge in [0.15, 0.2) is 5.82 Å². The molecule has 7 heteroatoms. The number of nitrogens with zero attached hydrogens (tertiary/aromatic N) is 3. The summed E-state index contributed by atoms with van der Waals surface area (Å²) < 4.78 is 10.7. The number of morpholine rings is 1. The highest BCUT2D eigenvalue weighted by Crippen LogP contribution is 2.17. The molecule has 2 rings (SSSR count). The van der Waals surface area contributed by atoms with Crippen molar-refractivity contribution in [3.63, 3.8) is 0 Å². The molecule has 1 atom stereocenters. The molecule has 0 saturated carbocycles. The van der Waals surface area contributed by atoms with Crippen LogP contribution in [-0.2, 0) is 16.1 Å². The minimum absolute atomic E-state index is 0.00285. The standard InChI is InChI=1S/C12H20N4O3/c1-2-18-8-11-14-10(13)5-12(15-11)16-3-4-19-9(6-16)7-17/h5,9,17H,2-4,6-8H2,1H3,(H2,13,14,15). The zero-order chi connectivity index (χ0) is 13.7. The van der Waals surface area contributed by atoms with Crippen LogP contribution in [0.15, 0.2) is 6.07 Å². The average Bonchev–Trinajstić information content (AvgIpc) is 2.44. The molecule has 1 aliphatic heterocycles. The third-order valence-electron chi connectivity index (χ3n) is 2.88. The molecule has 0 amide bonds. The number of anilines is 2. The van der Waals surface area contributed by atoms with Gasteiger partial charge in [0, 0.05) is 25.8 Å². The molecule has 1 aliphatic rings. The summed E-state index contributed by atoms with van der Waals surface area (Å²) in [5, 5.41) is 9.15. The second-order valence-electron chi connectivity index (χ2n) is 4.33. The lowest BCUT2D eigenvalue weighted by Crippen LogP contribution is -2.44. The number of aliphatic hydroxyl groups is 1. The van der Waals surface area contributed by atoms with Gasteiger partial charge in [0.2, 0.25) is 0 Å². The first-order valence-electron chi connectivity index (χ1n) is 6.41. The summed E-state index contributed by atoms with van der Waals surface area (Å²) in [6, 6.07) is 1.73. The lowest BCUT2D eigenvalue weighted by molar-refractivity contribution is 0.00333. The van der Waals surface area contributed by atoms with Crippen molar-refractivity contribution in [2.75, 3.05) is 43.5 Å². The van der Waals surface area contributed by atoms with E-state index in [0.29, 0.717) is 38.0 Å². The van der Waals surface area contributed by atoms with E-state index in [1.54, 1.807) is 6.07 Å². The smallest absolute Gasteiger partial charge is 0.158 e. The Hall–Kier alpha value is -1.44. The number of aromatic nitrogens is 2. The molecule has 19 heavy (non-hydrogen) atoms. The molecule has 0 spiro atoms. The Morgan fingerprint density at radius 3 is 3.16 bits per heavy atom. The van der Waals surface area contributed by atoms with Crippen LogP contribution < -0.4 is 10.6 Å². The number of hydrogen-bond donors (Lipinski definition) is 2. The number of hydrogen-bond acceptors (Lipinski definition) is 7. The quantitative estimate of drug-likeness (QED) is 0.763. The van der Waals surface area contributed by atoms with E-state index in [4.69, 9.17) is 20.3 Å². The van der Waals surface area contributed by atoms with Crippen molar-refractivity contribution in [1.29, 1.82) is 0 Å². The summed E-state index contributed by atoms with van der Waals surface area (Å²) in [4.78, 5) is 10.6. The van der Waals surface area contributed by atoms with Crippen molar-refractivity contribution >= 4 is 11.6 Å². The Kier molecular flexibility index (Phi) is 4.89. The van der Waals surface area contributed by atoms with Gasteiger partial charge in [0.1, 0.15) is 18.2 Å². The van der Waals surface area contributed by atoms with E-state index in [2.05, 4.69) is 9.97 Å². The third-order valence-corrected chi connectivity index (χ3v) is 2.88. The molecule has 1 unspecified atom stereocenters.